The van der Waals surface area contributed by atoms with E-state index in [0.29, 0.717) is 17.9 Å². The van der Waals surface area contributed by atoms with Crippen LogP contribution in [0.3, 0.4) is 0 Å². The van der Waals surface area contributed by atoms with Crippen molar-refractivity contribution in [2.24, 2.45) is 0 Å². The molecule has 1 N–H and O–H groups in total. The van der Waals surface area contributed by atoms with E-state index in [9.17, 15) is 5.11 Å². The van der Waals surface area contributed by atoms with Crippen molar-refractivity contribution in [1.29, 1.82) is 0 Å². The molecular formula is C15H12BrNO3. The lowest BCUT2D eigenvalue weighted by Gasteiger charge is -2.07. The average Bonchev–Trinajstić information content (AvgIpc) is 2.88. The fraction of sp³-hybridized carbons (Fsp3) is 0.133. The molecule has 3 rings (SSSR count). The van der Waals surface area contributed by atoms with Gasteiger partial charge in [0.05, 0.1) is 12.9 Å². The van der Waals surface area contributed by atoms with Crippen molar-refractivity contribution in [1.82, 2.24) is 4.98 Å². The van der Waals surface area contributed by atoms with Gasteiger partial charge in [-0.1, -0.05) is 15.9 Å². The summed E-state index contributed by atoms with van der Waals surface area (Å²) in [5.41, 5.74) is 2.42. The Hall–Kier alpha value is -1.85. The quantitative estimate of drug-likeness (QED) is 0.791. The first-order chi connectivity index (χ1) is 9.78. The molecular weight excluding hydrogens is 322 g/mol. The Morgan fingerprint density at radius 3 is 2.80 bits per heavy atom. The molecule has 0 saturated heterocycles. The van der Waals surface area contributed by atoms with E-state index in [0.717, 1.165) is 21.0 Å². The minimum atomic E-state index is -0.0623. The number of rotatable bonds is 4. The first kappa shape index (κ1) is 13.1. The third kappa shape index (κ3) is 2.55. The molecule has 20 heavy (non-hydrogen) atoms. The summed E-state index contributed by atoms with van der Waals surface area (Å²) in [7, 11) is 0. The second-order valence-electron chi connectivity index (χ2n) is 4.34. The minimum Gasteiger partial charge on any atom is -0.485 e. The van der Waals surface area contributed by atoms with Gasteiger partial charge in [0, 0.05) is 27.8 Å². The molecule has 0 fully saturated rings. The van der Waals surface area contributed by atoms with E-state index >= 15 is 0 Å². The van der Waals surface area contributed by atoms with Gasteiger partial charge in [-0.15, -0.1) is 0 Å². The predicted octanol–water partition coefficient (Wildman–Crippen LogP) is 3.66. The summed E-state index contributed by atoms with van der Waals surface area (Å²) >= 11 is 3.44. The number of pyridine rings is 1. The minimum absolute atomic E-state index is 0.0623. The van der Waals surface area contributed by atoms with Crippen LogP contribution in [0.2, 0.25) is 0 Å². The van der Waals surface area contributed by atoms with E-state index in [-0.39, 0.29) is 6.61 Å². The van der Waals surface area contributed by atoms with Gasteiger partial charge in [0.2, 0.25) is 0 Å². The zero-order valence-corrected chi connectivity index (χ0v) is 12.1. The summed E-state index contributed by atoms with van der Waals surface area (Å²) < 4.78 is 12.2. The highest BCUT2D eigenvalue weighted by molar-refractivity contribution is 9.10. The molecule has 0 aliphatic carbocycles. The Morgan fingerprint density at radius 2 is 2.05 bits per heavy atom. The molecule has 0 bridgehead atoms. The molecule has 2 aromatic heterocycles. The second-order valence-corrected chi connectivity index (χ2v) is 5.26. The lowest BCUT2D eigenvalue weighted by atomic mass is 10.2. The number of furan rings is 1. The number of aliphatic hydroxyl groups is 1. The van der Waals surface area contributed by atoms with Crippen LogP contribution in [0.1, 0.15) is 11.1 Å². The molecule has 0 aliphatic rings. The Bertz CT molecular complexity index is 725. The van der Waals surface area contributed by atoms with Crippen LogP contribution in [0.15, 0.2) is 51.8 Å². The maximum Gasteiger partial charge on any atom is 0.176 e. The largest absolute Gasteiger partial charge is 0.485 e. The molecule has 5 heteroatoms. The van der Waals surface area contributed by atoms with E-state index in [4.69, 9.17) is 9.15 Å². The maximum absolute atomic E-state index is 9.29. The summed E-state index contributed by atoms with van der Waals surface area (Å²) in [5, 5.41) is 10.1. The van der Waals surface area contributed by atoms with Gasteiger partial charge < -0.3 is 14.3 Å². The summed E-state index contributed by atoms with van der Waals surface area (Å²) in [5.74, 6) is 0.644. The normalized spacial score (nSPS) is 10.9. The molecule has 0 radical (unpaired) electrons. The van der Waals surface area contributed by atoms with Gasteiger partial charge >= 0.3 is 0 Å². The Labute approximate surface area is 124 Å². The van der Waals surface area contributed by atoms with Crippen LogP contribution in [-0.2, 0) is 13.2 Å². The van der Waals surface area contributed by atoms with Gasteiger partial charge in [0.1, 0.15) is 6.61 Å². The smallest absolute Gasteiger partial charge is 0.176 e. The van der Waals surface area contributed by atoms with Gasteiger partial charge in [-0.05, 0) is 29.8 Å². The van der Waals surface area contributed by atoms with Crippen molar-refractivity contribution in [2.45, 2.75) is 13.2 Å². The van der Waals surface area contributed by atoms with E-state index < -0.39 is 0 Å². The molecule has 2 heterocycles. The summed E-state index contributed by atoms with van der Waals surface area (Å²) in [6.07, 6.45) is 5.01. The standard InChI is InChI=1S/C15H12BrNO3/c16-12-5-13-11(7-18)9-20-15(13)14(6-12)19-8-10-1-3-17-4-2-10/h1-6,9,18H,7-8H2. The van der Waals surface area contributed by atoms with Gasteiger partial charge in [-0.3, -0.25) is 4.98 Å². The van der Waals surface area contributed by atoms with Crippen LogP contribution in [0.25, 0.3) is 11.0 Å². The highest BCUT2D eigenvalue weighted by Crippen LogP contribution is 2.34. The number of nitrogens with zero attached hydrogens (tertiary/aromatic N) is 1. The highest BCUT2D eigenvalue weighted by Gasteiger charge is 2.12. The van der Waals surface area contributed by atoms with Crippen molar-refractivity contribution >= 4 is 26.9 Å². The molecule has 0 unspecified atom stereocenters. The molecule has 0 aliphatic heterocycles. The molecule has 3 aromatic rings. The van der Waals surface area contributed by atoms with E-state index in [1.54, 1.807) is 18.7 Å². The fourth-order valence-corrected chi connectivity index (χ4v) is 2.43. The number of benzene rings is 1. The topological polar surface area (TPSA) is 55.5 Å². The van der Waals surface area contributed by atoms with E-state index in [1.165, 1.54) is 0 Å². The van der Waals surface area contributed by atoms with Crippen LogP contribution >= 0.6 is 15.9 Å². The molecule has 0 amide bonds. The van der Waals surface area contributed by atoms with E-state index in [1.807, 2.05) is 24.3 Å². The third-order valence-corrected chi connectivity index (χ3v) is 3.46. The summed E-state index contributed by atoms with van der Waals surface area (Å²) in [4.78, 5) is 3.97. The molecule has 0 saturated carbocycles. The Kier molecular flexibility index (Phi) is 3.71. The number of aromatic nitrogens is 1. The van der Waals surface area contributed by atoms with Gasteiger partial charge in [-0.25, -0.2) is 0 Å². The molecule has 4 nitrogen and oxygen atoms in total. The van der Waals surface area contributed by atoms with Crippen molar-refractivity contribution in [3.05, 3.63) is 58.5 Å². The molecule has 0 spiro atoms. The van der Waals surface area contributed by atoms with Crippen LogP contribution in [0.4, 0.5) is 0 Å². The number of aliphatic hydroxyl groups excluding tert-OH is 1. The zero-order chi connectivity index (χ0) is 13.9. The van der Waals surface area contributed by atoms with Gasteiger partial charge in [0.25, 0.3) is 0 Å². The van der Waals surface area contributed by atoms with Crippen LogP contribution in [-0.4, -0.2) is 10.1 Å². The third-order valence-electron chi connectivity index (χ3n) is 3.00. The van der Waals surface area contributed by atoms with Crippen molar-refractivity contribution < 1.29 is 14.3 Å². The number of halogens is 1. The number of hydrogen-bond donors (Lipinski definition) is 1. The van der Waals surface area contributed by atoms with Crippen molar-refractivity contribution in [2.75, 3.05) is 0 Å². The Balaban J connectivity index is 1.93. The fourth-order valence-electron chi connectivity index (χ4n) is 1.99. The SMILES string of the molecule is OCc1coc2c(OCc3ccncc3)cc(Br)cc12. The lowest BCUT2D eigenvalue weighted by molar-refractivity contribution is 0.281. The number of ether oxygens (including phenoxy) is 1. The first-order valence-electron chi connectivity index (χ1n) is 6.10. The molecule has 102 valence electrons. The number of hydrogen-bond acceptors (Lipinski definition) is 4. The van der Waals surface area contributed by atoms with Crippen LogP contribution in [0, 0.1) is 0 Å². The molecule has 0 atom stereocenters. The maximum atomic E-state index is 9.29. The second kappa shape index (κ2) is 5.64. The molecule has 1 aromatic carbocycles. The summed E-state index contributed by atoms with van der Waals surface area (Å²) in [6, 6.07) is 7.56. The number of fused-ring (bicyclic) bond motifs is 1. The van der Waals surface area contributed by atoms with Crippen LogP contribution in [0.5, 0.6) is 5.75 Å². The average molecular weight is 334 g/mol. The van der Waals surface area contributed by atoms with Crippen molar-refractivity contribution in [3.8, 4) is 5.75 Å². The zero-order valence-electron chi connectivity index (χ0n) is 10.5. The van der Waals surface area contributed by atoms with Crippen LogP contribution < -0.4 is 4.74 Å². The highest BCUT2D eigenvalue weighted by atomic mass is 79.9. The first-order valence-corrected chi connectivity index (χ1v) is 6.89. The van der Waals surface area contributed by atoms with Gasteiger partial charge in [0.15, 0.2) is 11.3 Å². The Morgan fingerprint density at radius 1 is 1.25 bits per heavy atom. The van der Waals surface area contributed by atoms with Gasteiger partial charge in [-0.2, -0.15) is 0 Å². The predicted molar refractivity (Wildman–Crippen MR) is 78.4 cm³/mol. The summed E-state index contributed by atoms with van der Waals surface area (Å²) in [6.45, 7) is 0.372. The van der Waals surface area contributed by atoms with Crippen molar-refractivity contribution in [3.63, 3.8) is 0 Å². The van der Waals surface area contributed by atoms with E-state index in [2.05, 4.69) is 20.9 Å². The lowest BCUT2D eigenvalue weighted by Crippen LogP contribution is -1.96. The monoisotopic (exact) mass is 333 g/mol.